The van der Waals surface area contributed by atoms with Crippen LogP contribution >= 0.6 is 0 Å². The zero-order chi connectivity index (χ0) is 8.97. The molecule has 1 aliphatic carbocycles. The molecule has 0 aromatic rings. The fourth-order valence-corrected chi connectivity index (χ4v) is 1.68. The quantitative estimate of drug-likeness (QED) is 0.462. The van der Waals surface area contributed by atoms with Gasteiger partial charge in [0.15, 0.2) is 0 Å². The van der Waals surface area contributed by atoms with Gasteiger partial charge in [0.1, 0.15) is 0 Å². The van der Waals surface area contributed by atoms with Crippen LogP contribution in [0.2, 0.25) is 0 Å². The first-order chi connectivity index (χ1) is 5.77. The molecule has 0 spiro atoms. The molecule has 1 aliphatic rings. The van der Waals surface area contributed by atoms with Gasteiger partial charge in [-0.15, -0.1) is 0 Å². The number of hydrogen-bond acceptors (Lipinski definition) is 3. The lowest BCUT2D eigenvalue weighted by molar-refractivity contribution is 0.147. The van der Waals surface area contributed by atoms with Crippen molar-refractivity contribution in [2.75, 3.05) is 13.7 Å². The fraction of sp³-hybridized carbons (Fsp3) is 1.00. The Hall–Kier alpha value is -0.120. The van der Waals surface area contributed by atoms with Gasteiger partial charge in [-0.25, -0.2) is 0 Å². The van der Waals surface area contributed by atoms with Crippen LogP contribution in [-0.4, -0.2) is 19.8 Å². The highest BCUT2D eigenvalue weighted by molar-refractivity contribution is 4.85. The van der Waals surface area contributed by atoms with Crippen molar-refractivity contribution in [1.82, 2.24) is 5.43 Å². The molecule has 0 saturated heterocycles. The van der Waals surface area contributed by atoms with E-state index in [2.05, 4.69) is 12.3 Å². The maximum atomic E-state index is 5.47. The van der Waals surface area contributed by atoms with Crippen LogP contribution in [0.3, 0.4) is 0 Å². The first-order valence-corrected chi connectivity index (χ1v) is 4.73. The van der Waals surface area contributed by atoms with Crippen molar-refractivity contribution in [1.29, 1.82) is 0 Å². The predicted molar refractivity (Wildman–Crippen MR) is 49.5 cm³/mol. The second-order valence-corrected chi connectivity index (χ2v) is 3.91. The molecule has 0 radical (unpaired) electrons. The van der Waals surface area contributed by atoms with Gasteiger partial charge in [-0.05, 0) is 31.1 Å². The highest BCUT2D eigenvalue weighted by atomic mass is 16.5. The van der Waals surface area contributed by atoms with Crippen LogP contribution in [0.4, 0.5) is 0 Å². The second-order valence-electron chi connectivity index (χ2n) is 3.91. The number of methoxy groups -OCH3 is 1. The molecule has 2 atom stereocenters. The molecule has 0 heterocycles. The van der Waals surface area contributed by atoms with Gasteiger partial charge in [-0.2, -0.15) is 0 Å². The molecule has 12 heavy (non-hydrogen) atoms. The third kappa shape index (κ3) is 3.09. The lowest BCUT2D eigenvalue weighted by Gasteiger charge is -2.19. The highest BCUT2D eigenvalue weighted by Crippen LogP contribution is 2.34. The maximum Gasteiger partial charge on any atom is 0.0488 e. The summed E-state index contributed by atoms with van der Waals surface area (Å²) in [6.45, 7) is 3.04. The van der Waals surface area contributed by atoms with E-state index in [9.17, 15) is 0 Å². The van der Waals surface area contributed by atoms with Crippen LogP contribution in [-0.2, 0) is 4.74 Å². The number of nitrogens with one attached hydrogen (secondary N) is 1. The zero-order valence-electron chi connectivity index (χ0n) is 8.05. The summed E-state index contributed by atoms with van der Waals surface area (Å²) in [6, 6.07) is 0.509. The summed E-state index contributed by atoms with van der Waals surface area (Å²) in [6.07, 6.45) is 3.82. The van der Waals surface area contributed by atoms with Gasteiger partial charge in [-0.3, -0.25) is 11.3 Å². The largest absolute Gasteiger partial charge is 0.384 e. The molecule has 0 aliphatic heterocycles. The molecule has 0 aromatic carbocycles. The van der Waals surface area contributed by atoms with Crippen LogP contribution in [0.15, 0.2) is 0 Å². The molecule has 1 rings (SSSR count). The van der Waals surface area contributed by atoms with E-state index in [0.29, 0.717) is 12.0 Å². The molecule has 0 amide bonds. The second kappa shape index (κ2) is 4.80. The molecule has 1 fully saturated rings. The summed E-state index contributed by atoms with van der Waals surface area (Å²) in [5.74, 6) is 6.90. The average Bonchev–Trinajstić information content (AvgIpc) is 2.83. The van der Waals surface area contributed by atoms with Gasteiger partial charge < -0.3 is 4.74 Å². The Morgan fingerprint density at radius 1 is 1.58 bits per heavy atom. The molecular weight excluding hydrogens is 152 g/mol. The Labute approximate surface area is 74.6 Å². The number of hydrogen-bond donors (Lipinski definition) is 2. The number of nitrogens with two attached hydrogens (primary N) is 1. The van der Waals surface area contributed by atoms with Gasteiger partial charge in [0.05, 0.1) is 0 Å². The molecule has 0 bridgehead atoms. The summed E-state index contributed by atoms with van der Waals surface area (Å²) in [4.78, 5) is 0. The lowest BCUT2D eigenvalue weighted by Crippen LogP contribution is -2.38. The minimum Gasteiger partial charge on any atom is -0.384 e. The van der Waals surface area contributed by atoms with E-state index < -0.39 is 0 Å². The summed E-state index contributed by atoms with van der Waals surface area (Å²) in [5, 5.41) is 0. The van der Waals surface area contributed by atoms with Gasteiger partial charge in [0.2, 0.25) is 0 Å². The fourth-order valence-electron chi connectivity index (χ4n) is 1.68. The smallest absolute Gasteiger partial charge is 0.0488 e. The van der Waals surface area contributed by atoms with Crippen molar-refractivity contribution in [2.45, 2.75) is 32.2 Å². The first-order valence-electron chi connectivity index (χ1n) is 4.73. The summed E-state index contributed by atoms with van der Waals surface area (Å²) >= 11 is 0. The minimum atomic E-state index is 0.509. The monoisotopic (exact) mass is 172 g/mol. The lowest BCUT2D eigenvalue weighted by atomic mass is 10.00. The van der Waals surface area contributed by atoms with Crippen molar-refractivity contribution >= 4 is 0 Å². The van der Waals surface area contributed by atoms with Crippen molar-refractivity contribution in [3.05, 3.63) is 0 Å². The number of rotatable bonds is 6. The van der Waals surface area contributed by atoms with E-state index in [4.69, 9.17) is 10.6 Å². The van der Waals surface area contributed by atoms with E-state index in [0.717, 1.165) is 18.9 Å². The summed E-state index contributed by atoms with van der Waals surface area (Å²) < 4.78 is 5.08. The normalized spacial score (nSPS) is 22.2. The summed E-state index contributed by atoms with van der Waals surface area (Å²) in [5.41, 5.74) is 2.90. The van der Waals surface area contributed by atoms with Crippen LogP contribution in [0.25, 0.3) is 0 Å². The topological polar surface area (TPSA) is 47.3 Å². The molecule has 0 aromatic heterocycles. The average molecular weight is 172 g/mol. The van der Waals surface area contributed by atoms with Gasteiger partial charge in [0.25, 0.3) is 0 Å². The Bertz CT molecular complexity index is 126. The van der Waals surface area contributed by atoms with E-state index in [1.54, 1.807) is 7.11 Å². The molecule has 1 saturated carbocycles. The Morgan fingerprint density at radius 3 is 2.67 bits per heavy atom. The Morgan fingerprint density at radius 2 is 2.25 bits per heavy atom. The molecule has 3 nitrogen and oxygen atoms in total. The van der Waals surface area contributed by atoms with Gasteiger partial charge in [-0.1, -0.05) is 6.92 Å². The third-order valence-electron chi connectivity index (χ3n) is 2.51. The summed E-state index contributed by atoms with van der Waals surface area (Å²) in [7, 11) is 1.75. The van der Waals surface area contributed by atoms with Crippen molar-refractivity contribution in [3.8, 4) is 0 Å². The first kappa shape index (κ1) is 9.96. The van der Waals surface area contributed by atoms with Crippen LogP contribution in [0.5, 0.6) is 0 Å². The van der Waals surface area contributed by atoms with Crippen molar-refractivity contribution < 1.29 is 4.74 Å². The number of ether oxygens (including phenoxy) is 1. The molecule has 3 heteroatoms. The zero-order valence-corrected chi connectivity index (χ0v) is 8.05. The predicted octanol–water partition coefficient (Wildman–Crippen LogP) is 0.901. The van der Waals surface area contributed by atoms with Crippen molar-refractivity contribution in [2.24, 2.45) is 17.7 Å². The Kier molecular flexibility index (Phi) is 3.98. The third-order valence-corrected chi connectivity index (χ3v) is 2.51. The van der Waals surface area contributed by atoms with Gasteiger partial charge in [0, 0.05) is 19.8 Å². The molecule has 72 valence electrons. The van der Waals surface area contributed by atoms with Crippen LogP contribution in [0.1, 0.15) is 26.2 Å². The molecule has 3 N–H and O–H groups in total. The minimum absolute atomic E-state index is 0.509. The van der Waals surface area contributed by atoms with E-state index in [1.807, 2.05) is 0 Å². The molecular formula is C9H20N2O. The van der Waals surface area contributed by atoms with Crippen LogP contribution < -0.4 is 11.3 Å². The highest BCUT2D eigenvalue weighted by Gasteiger charge is 2.31. The number of hydrazine groups is 1. The maximum absolute atomic E-state index is 5.47. The van der Waals surface area contributed by atoms with Crippen LogP contribution in [0, 0.1) is 11.8 Å². The van der Waals surface area contributed by atoms with Crippen molar-refractivity contribution in [3.63, 3.8) is 0 Å². The standard InChI is InChI=1S/C9H20N2O/c1-7(6-12-2)5-9(11-10)8-3-4-8/h7-9,11H,3-6,10H2,1-2H3. The van der Waals surface area contributed by atoms with E-state index in [-0.39, 0.29) is 0 Å². The van der Waals surface area contributed by atoms with Gasteiger partial charge >= 0.3 is 0 Å². The van der Waals surface area contributed by atoms with E-state index >= 15 is 0 Å². The van der Waals surface area contributed by atoms with E-state index in [1.165, 1.54) is 12.8 Å². The molecule has 2 unspecified atom stereocenters. The SMILES string of the molecule is COCC(C)CC(NN)C1CC1. The Balaban J connectivity index is 2.16.